The van der Waals surface area contributed by atoms with Crippen molar-refractivity contribution in [3.63, 3.8) is 0 Å². The van der Waals surface area contributed by atoms with E-state index < -0.39 is 0 Å². The zero-order valence-corrected chi connectivity index (χ0v) is 10.9. The maximum Gasteiger partial charge on any atom is 0.115 e. The predicted molar refractivity (Wildman–Crippen MR) is 66.5 cm³/mol. The third-order valence-electron chi connectivity index (χ3n) is 3.95. The van der Waals surface area contributed by atoms with Gasteiger partial charge in [0.1, 0.15) is 6.33 Å². The van der Waals surface area contributed by atoms with Crippen molar-refractivity contribution in [2.75, 3.05) is 7.05 Å². The zero-order valence-electron chi connectivity index (χ0n) is 10.9. The van der Waals surface area contributed by atoms with E-state index in [2.05, 4.69) is 36.1 Å². The summed E-state index contributed by atoms with van der Waals surface area (Å²) in [6.07, 6.45) is 5.91. The van der Waals surface area contributed by atoms with Gasteiger partial charge in [0.25, 0.3) is 0 Å². The van der Waals surface area contributed by atoms with Crippen molar-refractivity contribution in [1.82, 2.24) is 15.3 Å². The highest BCUT2D eigenvalue weighted by Crippen LogP contribution is 2.39. The average molecular weight is 235 g/mol. The fourth-order valence-electron chi connectivity index (χ4n) is 2.92. The molecule has 1 aromatic heterocycles. The molecule has 2 rings (SSSR count). The Hall–Kier alpha value is -1.00. The Balaban J connectivity index is 2.24. The second kappa shape index (κ2) is 5.10. The molecule has 1 aromatic rings. The highest BCUT2D eigenvalue weighted by Gasteiger charge is 2.41. The molecule has 94 valence electrons. The van der Waals surface area contributed by atoms with E-state index in [4.69, 9.17) is 4.74 Å². The van der Waals surface area contributed by atoms with E-state index in [1.54, 1.807) is 6.33 Å². The SMILES string of the molecule is CNC(c1cncnc1)C1C(C)OC(C)C1C. The second-order valence-corrected chi connectivity index (χ2v) is 4.92. The Morgan fingerprint density at radius 2 is 1.82 bits per heavy atom. The molecule has 1 N–H and O–H groups in total. The van der Waals surface area contributed by atoms with E-state index in [-0.39, 0.29) is 12.1 Å². The summed E-state index contributed by atoms with van der Waals surface area (Å²) in [5.41, 5.74) is 1.14. The lowest BCUT2D eigenvalue weighted by Crippen LogP contribution is -2.33. The third kappa shape index (κ3) is 2.33. The van der Waals surface area contributed by atoms with E-state index in [1.807, 2.05) is 19.4 Å². The maximum absolute atomic E-state index is 5.91. The Bertz CT molecular complexity index is 357. The van der Waals surface area contributed by atoms with Gasteiger partial charge in [0.05, 0.1) is 12.2 Å². The van der Waals surface area contributed by atoms with Crippen LogP contribution < -0.4 is 5.32 Å². The van der Waals surface area contributed by atoms with Crippen molar-refractivity contribution in [3.05, 3.63) is 24.3 Å². The van der Waals surface area contributed by atoms with Crippen molar-refractivity contribution < 1.29 is 4.74 Å². The molecule has 5 atom stereocenters. The first-order valence-electron chi connectivity index (χ1n) is 6.22. The molecule has 0 radical (unpaired) electrons. The van der Waals surface area contributed by atoms with Crippen LogP contribution in [0, 0.1) is 11.8 Å². The van der Waals surface area contributed by atoms with Gasteiger partial charge < -0.3 is 10.1 Å². The van der Waals surface area contributed by atoms with Gasteiger partial charge in [0.15, 0.2) is 0 Å². The number of hydrogen-bond acceptors (Lipinski definition) is 4. The smallest absolute Gasteiger partial charge is 0.115 e. The lowest BCUT2D eigenvalue weighted by atomic mass is 9.81. The van der Waals surface area contributed by atoms with Crippen LogP contribution in [0.15, 0.2) is 18.7 Å². The average Bonchev–Trinajstić information content (AvgIpc) is 2.58. The molecule has 4 heteroatoms. The van der Waals surface area contributed by atoms with Gasteiger partial charge in [-0.25, -0.2) is 9.97 Å². The zero-order chi connectivity index (χ0) is 12.4. The molecule has 2 heterocycles. The molecule has 0 aromatic carbocycles. The first kappa shape index (κ1) is 12.5. The molecule has 1 fully saturated rings. The molecule has 0 bridgehead atoms. The monoisotopic (exact) mass is 235 g/mol. The summed E-state index contributed by atoms with van der Waals surface area (Å²) >= 11 is 0. The summed E-state index contributed by atoms with van der Waals surface area (Å²) in [6, 6.07) is 0.256. The lowest BCUT2D eigenvalue weighted by molar-refractivity contribution is 0.0478. The second-order valence-electron chi connectivity index (χ2n) is 4.92. The first-order chi connectivity index (χ1) is 8.15. The van der Waals surface area contributed by atoms with Gasteiger partial charge in [0, 0.05) is 29.9 Å². The van der Waals surface area contributed by atoms with Crippen LogP contribution in [0.4, 0.5) is 0 Å². The number of rotatable bonds is 3. The van der Waals surface area contributed by atoms with E-state index in [0.717, 1.165) is 5.56 Å². The summed E-state index contributed by atoms with van der Waals surface area (Å²) in [7, 11) is 1.99. The molecule has 1 saturated heterocycles. The molecule has 0 amide bonds. The van der Waals surface area contributed by atoms with E-state index in [9.17, 15) is 0 Å². The minimum absolute atomic E-state index is 0.256. The molecule has 5 unspecified atom stereocenters. The van der Waals surface area contributed by atoms with Gasteiger partial charge in [-0.15, -0.1) is 0 Å². The molecular formula is C13H21N3O. The highest BCUT2D eigenvalue weighted by atomic mass is 16.5. The number of nitrogens with zero attached hydrogens (tertiary/aromatic N) is 2. The quantitative estimate of drug-likeness (QED) is 0.867. The molecule has 1 aliphatic heterocycles. The van der Waals surface area contributed by atoms with E-state index in [1.165, 1.54) is 0 Å². The van der Waals surface area contributed by atoms with Crippen LogP contribution in [0.2, 0.25) is 0 Å². The van der Waals surface area contributed by atoms with Crippen LogP contribution >= 0.6 is 0 Å². The van der Waals surface area contributed by atoms with Crippen molar-refractivity contribution in [1.29, 1.82) is 0 Å². The van der Waals surface area contributed by atoms with Crippen LogP contribution in [0.1, 0.15) is 32.4 Å². The van der Waals surface area contributed by atoms with Crippen molar-refractivity contribution in [2.24, 2.45) is 11.8 Å². The van der Waals surface area contributed by atoms with Gasteiger partial charge in [0.2, 0.25) is 0 Å². The predicted octanol–water partition coefficient (Wildman–Crippen LogP) is 1.80. The topological polar surface area (TPSA) is 47.0 Å². The van der Waals surface area contributed by atoms with Crippen LogP contribution in [0.25, 0.3) is 0 Å². The van der Waals surface area contributed by atoms with Crippen molar-refractivity contribution in [2.45, 2.75) is 39.0 Å². The Labute approximate surface area is 103 Å². The van der Waals surface area contributed by atoms with Crippen LogP contribution in [0.3, 0.4) is 0 Å². The summed E-state index contributed by atoms with van der Waals surface area (Å²) in [5.74, 6) is 0.989. The molecule has 0 aliphatic carbocycles. The number of hydrogen-bond donors (Lipinski definition) is 1. The molecule has 4 nitrogen and oxygen atoms in total. The maximum atomic E-state index is 5.91. The summed E-state index contributed by atoms with van der Waals surface area (Å²) in [6.45, 7) is 6.56. The Morgan fingerprint density at radius 3 is 2.29 bits per heavy atom. The first-order valence-corrected chi connectivity index (χ1v) is 6.22. The van der Waals surface area contributed by atoms with E-state index in [0.29, 0.717) is 17.9 Å². The highest BCUT2D eigenvalue weighted by molar-refractivity contribution is 5.13. The largest absolute Gasteiger partial charge is 0.375 e. The van der Waals surface area contributed by atoms with Gasteiger partial charge in [-0.1, -0.05) is 6.92 Å². The molecular weight excluding hydrogens is 214 g/mol. The van der Waals surface area contributed by atoms with Gasteiger partial charge in [-0.2, -0.15) is 0 Å². The standard InChI is InChI=1S/C13H21N3O/c1-8-9(2)17-10(3)12(8)13(14-4)11-5-15-7-16-6-11/h5-10,12-14H,1-4H3. The fraction of sp³-hybridized carbons (Fsp3) is 0.692. The number of aromatic nitrogens is 2. The molecule has 0 spiro atoms. The lowest BCUT2D eigenvalue weighted by Gasteiger charge is -2.28. The van der Waals surface area contributed by atoms with Gasteiger partial charge in [-0.3, -0.25) is 0 Å². The summed E-state index contributed by atoms with van der Waals surface area (Å²) in [5, 5.41) is 3.38. The number of nitrogens with one attached hydrogen (secondary N) is 1. The third-order valence-corrected chi connectivity index (χ3v) is 3.95. The normalized spacial score (nSPS) is 34.8. The van der Waals surface area contributed by atoms with E-state index >= 15 is 0 Å². The summed E-state index contributed by atoms with van der Waals surface area (Å²) in [4.78, 5) is 8.20. The van der Waals surface area contributed by atoms with Crippen LogP contribution in [-0.2, 0) is 4.74 Å². The molecule has 17 heavy (non-hydrogen) atoms. The Morgan fingerprint density at radius 1 is 1.18 bits per heavy atom. The van der Waals surface area contributed by atoms with Crippen LogP contribution in [-0.4, -0.2) is 29.2 Å². The minimum Gasteiger partial charge on any atom is -0.375 e. The molecule has 0 saturated carbocycles. The van der Waals surface area contributed by atoms with Gasteiger partial charge in [-0.05, 0) is 26.8 Å². The minimum atomic E-state index is 0.256. The van der Waals surface area contributed by atoms with Crippen LogP contribution in [0.5, 0.6) is 0 Å². The van der Waals surface area contributed by atoms with Crippen molar-refractivity contribution >= 4 is 0 Å². The number of ether oxygens (including phenoxy) is 1. The Kier molecular flexibility index (Phi) is 3.74. The van der Waals surface area contributed by atoms with Crippen molar-refractivity contribution in [3.8, 4) is 0 Å². The fourth-order valence-corrected chi connectivity index (χ4v) is 2.92. The summed E-state index contributed by atoms with van der Waals surface area (Å²) < 4.78 is 5.91. The van der Waals surface area contributed by atoms with Gasteiger partial charge >= 0.3 is 0 Å². The molecule has 1 aliphatic rings.